The summed E-state index contributed by atoms with van der Waals surface area (Å²) in [5.74, 6) is -3.72. The van der Waals surface area contributed by atoms with E-state index >= 15 is 0 Å². The van der Waals surface area contributed by atoms with Crippen molar-refractivity contribution >= 4 is 30.5 Å². The van der Waals surface area contributed by atoms with Crippen molar-refractivity contribution in [3.8, 4) is 0 Å². The lowest BCUT2D eigenvalue weighted by Gasteiger charge is -2.07. The van der Waals surface area contributed by atoms with Gasteiger partial charge < -0.3 is 20.7 Å². The Morgan fingerprint density at radius 3 is 2.45 bits per heavy atom. The third-order valence-electron chi connectivity index (χ3n) is 2.15. The molecule has 0 atom stereocenters. The molecule has 1 aromatic rings. The Balaban J connectivity index is 2.59. The first kappa shape index (κ1) is 16.3. The number of hydrogen-bond acceptors (Lipinski definition) is 4. The lowest BCUT2D eigenvalue weighted by atomic mass is 9.92. The Labute approximate surface area is 117 Å². The fraction of sp³-hybridized carbons (Fsp3) is 0.200. The van der Waals surface area contributed by atoms with Crippen LogP contribution in [-0.2, 0) is 4.79 Å². The van der Waals surface area contributed by atoms with E-state index in [0.717, 1.165) is 0 Å². The van der Waals surface area contributed by atoms with Gasteiger partial charge in [0.1, 0.15) is 11.6 Å². The summed E-state index contributed by atoms with van der Waals surface area (Å²) in [4.78, 5) is 22.7. The molecule has 0 bridgehead atoms. The van der Waals surface area contributed by atoms with Crippen LogP contribution in [0.4, 0.5) is 8.78 Å². The van der Waals surface area contributed by atoms with E-state index < -0.39 is 54.1 Å². The molecule has 0 saturated heterocycles. The van der Waals surface area contributed by atoms with Crippen LogP contribution in [-0.4, -0.2) is 42.0 Å². The first-order valence-electron chi connectivity index (χ1n) is 5.37. The van der Waals surface area contributed by atoms with Gasteiger partial charge >= 0.3 is 7.12 Å². The minimum absolute atomic E-state index is 0.418. The third-order valence-corrected chi connectivity index (χ3v) is 2.44. The molecule has 4 N–H and O–H groups in total. The fourth-order valence-electron chi connectivity index (χ4n) is 1.22. The zero-order valence-electron chi connectivity index (χ0n) is 9.99. The monoisotopic (exact) mass is 306 g/mol. The van der Waals surface area contributed by atoms with Gasteiger partial charge in [0.2, 0.25) is 5.91 Å². The highest BCUT2D eigenvalue weighted by molar-refractivity contribution is 6.41. The Morgan fingerprint density at radius 2 is 1.85 bits per heavy atom. The molecule has 0 aromatic heterocycles. The molecule has 1 aromatic carbocycles. The van der Waals surface area contributed by atoms with E-state index in [9.17, 15) is 18.4 Å². The molecule has 20 heavy (non-hydrogen) atoms. The summed E-state index contributed by atoms with van der Waals surface area (Å²) >= 11 is 5.33. The molecule has 6 nitrogen and oxygen atoms in total. The Kier molecular flexibility index (Phi) is 5.87. The second-order valence-electron chi connectivity index (χ2n) is 3.71. The lowest BCUT2D eigenvalue weighted by Crippen LogP contribution is -2.41. The van der Waals surface area contributed by atoms with Gasteiger partial charge in [0.05, 0.1) is 23.6 Å². The van der Waals surface area contributed by atoms with Crippen LogP contribution in [0.3, 0.4) is 0 Å². The van der Waals surface area contributed by atoms with Crippen molar-refractivity contribution in [1.82, 2.24) is 10.6 Å². The Bertz CT molecular complexity index is 530. The summed E-state index contributed by atoms with van der Waals surface area (Å²) in [6.45, 7) is -0.533. The molecular formula is C10H10BClF2N2O4. The topological polar surface area (TPSA) is 98.7 Å². The van der Waals surface area contributed by atoms with E-state index in [1.165, 1.54) is 0 Å². The van der Waals surface area contributed by atoms with E-state index in [4.69, 9.17) is 21.6 Å². The molecule has 2 amide bonds. The molecule has 0 fully saturated rings. The zero-order valence-corrected chi connectivity index (χ0v) is 10.7. The van der Waals surface area contributed by atoms with Crippen LogP contribution in [0.1, 0.15) is 10.4 Å². The summed E-state index contributed by atoms with van der Waals surface area (Å²) in [5, 5.41) is 20.7. The predicted octanol–water partition coefficient (Wildman–Crippen LogP) is -0.524. The third kappa shape index (κ3) is 4.76. The highest BCUT2D eigenvalue weighted by atomic mass is 35.5. The van der Waals surface area contributed by atoms with Crippen molar-refractivity contribution in [3.63, 3.8) is 0 Å². The van der Waals surface area contributed by atoms with Crippen molar-refractivity contribution in [2.24, 2.45) is 0 Å². The van der Waals surface area contributed by atoms with Gasteiger partial charge in [-0.25, -0.2) is 8.78 Å². The number of halogens is 3. The van der Waals surface area contributed by atoms with Gasteiger partial charge in [-0.05, 0) is 12.1 Å². The maximum absolute atomic E-state index is 13.4. The summed E-state index contributed by atoms with van der Waals surface area (Å²) < 4.78 is 26.5. The summed E-state index contributed by atoms with van der Waals surface area (Å²) in [5.41, 5.74) is -0.595. The van der Waals surface area contributed by atoms with E-state index in [-0.39, 0.29) is 0 Å². The maximum Gasteiger partial charge on any atom is 0.472 e. The van der Waals surface area contributed by atoms with E-state index in [1.807, 2.05) is 5.32 Å². The second kappa shape index (κ2) is 7.18. The minimum Gasteiger partial charge on any atom is -0.426 e. The molecule has 108 valence electrons. The van der Waals surface area contributed by atoms with Crippen LogP contribution < -0.4 is 10.6 Å². The number of nitrogens with one attached hydrogen (secondary N) is 2. The molecular weight excluding hydrogens is 296 g/mol. The molecule has 1 rings (SSSR count). The zero-order chi connectivity index (χ0) is 15.3. The fourth-order valence-corrected chi connectivity index (χ4v) is 1.37. The maximum atomic E-state index is 13.4. The summed E-state index contributed by atoms with van der Waals surface area (Å²) in [7, 11) is -1.72. The average molecular weight is 306 g/mol. The van der Waals surface area contributed by atoms with Gasteiger partial charge in [0.25, 0.3) is 5.91 Å². The van der Waals surface area contributed by atoms with Gasteiger partial charge in [-0.3, -0.25) is 9.59 Å². The molecule has 0 radical (unpaired) electrons. The van der Waals surface area contributed by atoms with E-state index in [2.05, 4.69) is 5.32 Å². The van der Waals surface area contributed by atoms with E-state index in [0.29, 0.717) is 12.1 Å². The number of amides is 2. The van der Waals surface area contributed by atoms with Crippen LogP contribution in [0.15, 0.2) is 12.1 Å². The van der Waals surface area contributed by atoms with Gasteiger partial charge in [0, 0.05) is 0 Å². The first-order chi connectivity index (χ1) is 9.31. The van der Waals surface area contributed by atoms with Crippen molar-refractivity contribution in [1.29, 1.82) is 0 Å². The van der Waals surface area contributed by atoms with Gasteiger partial charge in [-0.15, -0.1) is 0 Å². The largest absolute Gasteiger partial charge is 0.472 e. The Morgan fingerprint density at radius 1 is 1.20 bits per heavy atom. The van der Waals surface area contributed by atoms with Crippen LogP contribution in [0.2, 0.25) is 5.02 Å². The van der Waals surface area contributed by atoms with Crippen molar-refractivity contribution in [2.75, 3.05) is 13.0 Å². The first-order valence-corrected chi connectivity index (χ1v) is 5.74. The van der Waals surface area contributed by atoms with E-state index in [1.54, 1.807) is 0 Å². The number of carbonyl (C=O) groups is 2. The lowest BCUT2D eigenvalue weighted by molar-refractivity contribution is -0.119. The minimum atomic E-state index is -1.72. The van der Waals surface area contributed by atoms with Gasteiger partial charge in [-0.1, -0.05) is 11.6 Å². The van der Waals surface area contributed by atoms with Crippen LogP contribution in [0.5, 0.6) is 0 Å². The molecule has 0 aliphatic carbocycles. The van der Waals surface area contributed by atoms with Crippen molar-refractivity contribution in [2.45, 2.75) is 0 Å². The molecule has 0 spiro atoms. The predicted molar refractivity (Wildman–Crippen MR) is 66.9 cm³/mol. The molecule has 0 unspecified atom stereocenters. The molecule has 0 aliphatic heterocycles. The number of benzene rings is 1. The SMILES string of the molecule is O=C(CNC(=O)c1cc(F)c(Cl)cc1F)NCB(O)O. The average Bonchev–Trinajstić information content (AvgIpc) is 2.37. The molecule has 10 heteroatoms. The van der Waals surface area contributed by atoms with Crippen LogP contribution in [0.25, 0.3) is 0 Å². The summed E-state index contributed by atoms with van der Waals surface area (Å²) in [6.07, 6.45) is -0.418. The number of rotatable bonds is 5. The highest BCUT2D eigenvalue weighted by Gasteiger charge is 2.16. The Hall–Kier alpha value is -1.71. The quantitative estimate of drug-likeness (QED) is 0.434. The van der Waals surface area contributed by atoms with Gasteiger partial charge in [-0.2, -0.15) is 0 Å². The molecule has 0 heterocycles. The molecule has 0 aliphatic rings. The normalized spacial score (nSPS) is 10.1. The van der Waals surface area contributed by atoms with Crippen LogP contribution >= 0.6 is 11.6 Å². The smallest absolute Gasteiger partial charge is 0.426 e. The second-order valence-corrected chi connectivity index (χ2v) is 4.12. The van der Waals surface area contributed by atoms with Gasteiger partial charge in [0.15, 0.2) is 0 Å². The van der Waals surface area contributed by atoms with Crippen molar-refractivity contribution in [3.05, 3.63) is 34.4 Å². The molecule has 0 saturated carbocycles. The number of hydrogen-bond donors (Lipinski definition) is 4. The highest BCUT2D eigenvalue weighted by Crippen LogP contribution is 2.19. The van der Waals surface area contributed by atoms with Crippen molar-refractivity contribution < 1.29 is 28.4 Å². The van der Waals surface area contributed by atoms with Crippen LogP contribution in [0, 0.1) is 11.6 Å². The summed E-state index contributed by atoms with van der Waals surface area (Å²) in [6, 6.07) is 1.26. The standard InChI is InChI=1S/C10H10BClF2N2O4/c12-6-2-7(13)5(1-8(6)14)10(18)15-3-9(17)16-4-11(19)20/h1-2,19-20H,3-4H2,(H,15,18)(H,16,17). The number of carbonyl (C=O) groups excluding carboxylic acids is 2.